The molecule has 0 aliphatic rings. The van der Waals surface area contributed by atoms with Crippen molar-refractivity contribution in [2.45, 2.75) is 32.7 Å². The highest BCUT2D eigenvalue weighted by atomic mass is 35.5. The summed E-state index contributed by atoms with van der Waals surface area (Å²) < 4.78 is 9.98. The van der Waals surface area contributed by atoms with Crippen molar-refractivity contribution in [2.75, 3.05) is 13.7 Å². The lowest BCUT2D eigenvalue weighted by molar-refractivity contribution is -0.147. The summed E-state index contributed by atoms with van der Waals surface area (Å²) in [5, 5.41) is 5.11. The molecule has 0 heterocycles. The average Bonchev–Trinajstić information content (AvgIpc) is 2.53. The van der Waals surface area contributed by atoms with Gasteiger partial charge in [0.1, 0.15) is 5.75 Å². The zero-order valence-corrected chi connectivity index (χ0v) is 14.6. The van der Waals surface area contributed by atoms with Crippen LogP contribution in [0.5, 0.6) is 5.75 Å². The molecule has 1 rings (SSSR count). The van der Waals surface area contributed by atoms with E-state index in [9.17, 15) is 14.4 Å². The van der Waals surface area contributed by atoms with Gasteiger partial charge in [-0.2, -0.15) is 0 Å². The quantitative estimate of drug-likeness (QED) is 0.729. The van der Waals surface area contributed by atoms with Gasteiger partial charge < -0.3 is 14.8 Å². The molecule has 8 heteroatoms. The number of hydrogen-bond acceptors (Lipinski definition) is 5. The fraction of sp³-hybridized carbons (Fsp3) is 0.438. The summed E-state index contributed by atoms with van der Waals surface area (Å²) in [6, 6.07) is 4.18. The molecular weight excluding hydrogens is 336 g/mol. The van der Waals surface area contributed by atoms with Crippen molar-refractivity contribution in [3.63, 3.8) is 0 Å². The van der Waals surface area contributed by atoms with Gasteiger partial charge in [-0.25, -0.2) is 4.79 Å². The van der Waals surface area contributed by atoms with Gasteiger partial charge in [0.2, 0.25) is 0 Å². The van der Waals surface area contributed by atoms with E-state index in [0.717, 1.165) is 6.42 Å². The molecule has 0 spiro atoms. The molecule has 0 aliphatic carbocycles. The molecular formula is C16H21ClN2O5. The lowest BCUT2D eigenvalue weighted by Crippen LogP contribution is -2.44. The molecule has 0 bridgehead atoms. The monoisotopic (exact) mass is 356 g/mol. The van der Waals surface area contributed by atoms with Crippen molar-refractivity contribution >= 4 is 29.5 Å². The van der Waals surface area contributed by atoms with Crippen LogP contribution in [0.1, 0.15) is 25.8 Å². The zero-order valence-electron chi connectivity index (χ0n) is 13.8. The van der Waals surface area contributed by atoms with Gasteiger partial charge in [-0.15, -0.1) is 0 Å². The zero-order chi connectivity index (χ0) is 18.1. The fourth-order valence-electron chi connectivity index (χ4n) is 1.76. The Balaban J connectivity index is 2.45. The predicted molar refractivity (Wildman–Crippen MR) is 89.1 cm³/mol. The van der Waals surface area contributed by atoms with Gasteiger partial charge in [0.05, 0.1) is 13.5 Å². The molecule has 0 unspecified atom stereocenters. The maximum atomic E-state index is 11.8. The SMILES string of the molecule is CC[C@@H](C)NC(=O)NC(=O)COC(=O)Cc1cc(Cl)ccc1OC. The Labute approximate surface area is 145 Å². The Hall–Kier alpha value is -2.28. The molecule has 132 valence electrons. The summed E-state index contributed by atoms with van der Waals surface area (Å²) in [5.41, 5.74) is 0.546. The third kappa shape index (κ3) is 6.87. The van der Waals surface area contributed by atoms with Crippen LogP contribution in [0.25, 0.3) is 0 Å². The predicted octanol–water partition coefficient (Wildman–Crippen LogP) is 2.06. The van der Waals surface area contributed by atoms with Crippen molar-refractivity contribution in [1.82, 2.24) is 10.6 Å². The van der Waals surface area contributed by atoms with Crippen molar-refractivity contribution < 1.29 is 23.9 Å². The van der Waals surface area contributed by atoms with E-state index in [2.05, 4.69) is 10.6 Å². The van der Waals surface area contributed by atoms with E-state index >= 15 is 0 Å². The Morgan fingerprint density at radius 3 is 2.62 bits per heavy atom. The number of carbonyl (C=O) groups is 3. The van der Waals surface area contributed by atoms with Gasteiger partial charge in [0.15, 0.2) is 6.61 Å². The van der Waals surface area contributed by atoms with Crippen LogP contribution in [0.2, 0.25) is 5.02 Å². The summed E-state index contributed by atoms with van der Waals surface area (Å²) in [7, 11) is 1.47. The smallest absolute Gasteiger partial charge is 0.321 e. The molecule has 1 aromatic rings. The van der Waals surface area contributed by atoms with Crippen LogP contribution in [0.3, 0.4) is 0 Å². The molecule has 0 fully saturated rings. The maximum Gasteiger partial charge on any atom is 0.321 e. The van der Waals surface area contributed by atoms with Crippen molar-refractivity contribution in [3.8, 4) is 5.75 Å². The Bertz CT molecular complexity index is 606. The molecule has 0 saturated heterocycles. The minimum absolute atomic E-state index is 0.0596. The molecule has 1 aromatic carbocycles. The van der Waals surface area contributed by atoms with Crippen LogP contribution < -0.4 is 15.4 Å². The Morgan fingerprint density at radius 2 is 2.00 bits per heavy atom. The normalized spacial score (nSPS) is 11.3. The van der Waals surface area contributed by atoms with E-state index in [0.29, 0.717) is 16.3 Å². The third-order valence-electron chi connectivity index (χ3n) is 3.18. The van der Waals surface area contributed by atoms with Crippen LogP contribution >= 0.6 is 11.6 Å². The van der Waals surface area contributed by atoms with Gasteiger partial charge in [-0.1, -0.05) is 18.5 Å². The minimum atomic E-state index is -0.706. The molecule has 3 amide bonds. The number of ether oxygens (including phenoxy) is 2. The first kappa shape index (κ1) is 19.8. The second-order valence-electron chi connectivity index (χ2n) is 5.12. The Morgan fingerprint density at radius 1 is 1.29 bits per heavy atom. The van der Waals surface area contributed by atoms with E-state index in [1.165, 1.54) is 7.11 Å². The van der Waals surface area contributed by atoms with Crippen molar-refractivity contribution in [2.24, 2.45) is 0 Å². The van der Waals surface area contributed by atoms with E-state index in [1.807, 2.05) is 13.8 Å². The number of nitrogens with one attached hydrogen (secondary N) is 2. The highest BCUT2D eigenvalue weighted by Gasteiger charge is 2.14. The van der Waals surface area contributed by atoms with Crippen LogP contribution in [-0.2, 0) is 20.7 Å². The van der Waals surface area contributed by atoms with Crippen LogP contribution in [0.4, 0.5) is 4.79 Å². The van der Waals surface area contributed by atoms with Crippen LogP contribution in [-0.4, -0.2) is 37.7 Å². The molecule has 0 radical (unpaired) electrons. The van der Waals surface area contributed by atoms with Gasteiger partial charge in [-0.05, 0) is 31.5 Å². The lowest BCUT2D eigenvalue weighted by atomic mass is 10.1. The number of benzene rings is 1. The topological polar surface area (TPSA) is 93.7 Å². The number of hydrogen-bond donors (Lipinski definition) is 2. The molecule has 1 atom stereocenters. The number of imide groups is 1. The number of rotatable bonds is 7. The number of carbonyl (C=O) groups excluding carboxylic acids is 3. The molecule has 24 heavy (non-hydrogen) atoms. The van der Waals surface area contributed by atoms with Gasteiger partial charge in [-0.3, -0.25) is 14.9 Å². The number of urea groups is 1. The van der Waals surface area contributed by atoms with Gasteiger partial charge >= 0.3 is 12.0 Å². The van der Waals surface area contributed by atoms with E-state index in [-0.39, 0.29) is 12.5 Å². The first-order valence-corrected chi connectivity index (χ1v) is 7.81. The maximum absolute atomic E-state index is 11.8. The van der Waals surface area contributed by atoms with Crippen LogP contribution in [0, 0.1) is 0 Å². The third-order valence-corrected chi connectivity index (χ3v) is 3.42. The molecule has 2 N–H and O–H groups in total. The summed E-state index contributed by atoms with van der Waals surface area (Å²) >= 11 is 5.88. The number of amides is 3. The summed E-state index contributed by atoms with van der Waals surface area (Å²) in [6.45, 7) is 3.16. The molecule has 0 aromatic heterocycles. The molecule has 0 aliphatic heterocycles. The summed E-state index contributed by atoms with van der Waals surface area (Å²) in [5.74, 6) is -0.844. The van der Waals surface area contributed by atoms with Crippen molar-refractivity contribution in [1.29, 1.82) is 0 Å². The summed E-state index contributed by atoms with van der Waals surface area (Å²) in [6.07, 6.45) is 0.633. The van der Waals surface area contributed by atoms with E-state index in [4.69, 9.17) is 21.1 Å². The lowest BCUT2D eigenvalue weighted by Gasteiger charge is -2.12. The first-order valence-electron chi connectivity index (χ1n) is 7.44. The number of halogens is 1. The highest BCUT2D eigenvalue weighted by Crippen LogP contribution is 2.23. The first-order chi connectivity index (χ1) is 11.3. The van der Waals surface area contributed by atoms with Crippen molar-refractivity contribution in [3.05, 3.63) is 28.8 Å². The molecule has 0 saturated carbocycles. The second-order valence-corrected chi connectivity index (χ2v) is 5.56. The highest BCUT2D eigenvalue weighted by molar-refractivity contribution is 6.30. The Kier molecular flexibility index (Phi) is 8.05. The minimum Gasteiger partial charge on any atom is -0.496 e. The van der Waals surface area contributed by atoms with E-state index in [1.54, 1.807) is 18.2 Å². The molecule has 7 nitrogen and oxygen atoms in total. The van der Waals surface area contributed by atoms with Crippen LogP contribution in [0.15, 0.2) is 18.2 Å². The number of methoxy groups -OCH3 is 1. The largest absolute Gasteiger partial charge is 0.496 e. The van der Waals surface area contributed by atoms with Gasteiger partial charge in [0, 0.05) is 16.6 Å². The second kappa shape index (κ2) is 9.77. The average molecular weight is 357 g/mol. The van der Waals surface area contributed by atoms with Gasteiger partial charge in [0.25, 0.3) is 5.91 Å². The number of esters is 1. The fourth-order valence-corrected chi connectivity index (χ4v) is 1.96. The van der Waals surface area contributed by atoms with E-state index < -0.39 is 24.5 Å². The summed E-state index contributed by atoms with van der Waals surface area (Å²) in [4.78, 5) is 34.8. The standard InChI is InChI=1S/C16H21ClN2O5/c1-4-10(2)18-16(22)19-14(20)9-24-15(21)8-11-7-12(17)5-6-13(11)23-3/h5-7,10H,4,8-9H2,1-3H3,(H2,18,19,20,22)/t10-/m1/s1.